The van der Waals surface area contributed by atoms with Crippen LogP contribution in [-0.2, 0) is 19.1 Å². The van der Waals surface area contributed by atoms with E-state index in [1.54, 1.807) is 12.0 Å². The molecular formula is C19H24N4O6. The molecule has 0 aromatic heterocycles. The third-order valence-electron chi connectivity index (χ3n) is 4.93. The number of anilines is 1. The molecule has 0 radical (unpaired) electrons. The molecular weight excluding hydrogens is 380 g/mol. The minimum absolute atomic E-state index is 0.0679. The van der Waals surface area contributed by atoms with Gasteiger partial charge in [0.1, 0.15) is 18.8 Å². The number of rotatable bonds is 6. The van der Waals surface area contributed by atoms with Gasteiger partial charge in [0, 0.05) is 33.2 Å². The molecule has 2 saturated heterocycles. The summed E-state index contributed by atoms with van der Waals surface area (Å²) in [5.41, 5.74) is 0.971. The number of carbonyl (C=O) groups is 4. The fourth-order valence-electron chi connectivity index (χ4n) is 3.32. The Morgan fingerprint density at radius 1 is 1.07 bits per heavy atom. The van der Waals surface area contributed by atoms with E-state index >= 15 is 0 Å². The smallest absolute Gasteiger partial charge is 0.327 e. The Morgan fingerprint density at radius 2 is 1.76 bits per heavy atom. The number of likely N-dealkylation sites (N-methyl/N-ethyl adjacent to an activating group) is 1. The number of imide groups is 1. The first-order valence-electron chi connectivity index (χ1n) is 9.27. The lowest BCUT2D eigenvalue weighted by Gasteiger charge is -2.36. The van der Waals surface area contributed by atoms with Crippen LogP contribution in [0.4, 0.5) is 10.5 Å². The Hall–Kier alpha value is -3.30. The number of urea groups is 1. The van der Waals surface area contributed by atoms with E-state index in [1.807, 2.05) is 24.3 Å². The summed E-state index contributed by atoms with van der Waals surface area (Å²) in [5, 5.41) is 0. The van der Waals surface area contributed by atoms with Crippen LogP contribution < -0.4 is 9.64 Å². The maximum Gasteiger partial charge on any atom is 0.327 e. The number of methoxy groups -OCH3 is 1. The van der Waals surface area contributed by atoms with Crippen LogP contribution in [0, 0.1) is 0 Å². The van der Waals surface area contributed by atoms with Gasteiger partial charge in [-0.05, 0) is 12.1 Å². The molecule has 0 unspecified atom stereocenters. The minimum atomic E-state index is -0.789. The fourth-order valence-corrected chi connectivity index (χ4v) is 3.32. The quantitative estimate of drug-likeness (QED) is 0.477. The standard InChI is InChI=1S/C19H24N4O6/c1-20-11-16(24)23(19(20)27)12-18(26)29-13-17(25)22-9-7-21(8-10-22)14-5-3-4-6-15(14)28-2/h3-6H,7-13H2,1-2H3. The highest BCUT2D eigenvalue weighted by Crippen LogP contribution is 2.28. The van der Waals surface area contributed by atoms with Crippen LogP contribution in [0.3, 0.4) is 0 Å². The fraction of sp³-hybridized carbons (Fsp3) is 0.474. The summed E-state index contributed by atoms with van der Waals surface area (Å²) >= 11 is 0. The maximum atomic E-state index is 12.3. The zero-order valence-electron chi connectivity index (χ0n) is 16.5. The SMILES string of the molecule is COc1ccccc1N1CCN(C(=O)COC(=O)CN2C(=O)CN(C)C2=O)CC1. The second-order valence-corrected chi connectivity index (χ2v) is 6.82. The van der Waals surface area contributed by atoms with Gasteiger partial charge in [-0.25, -0.2) is 4.79 Å². The van der Waals surface area contributed by atoms with Crippen LogP contribution in [-0.4, -0.2) is 98.5 Å². The first-order chi connectivity index (χ1) is 13.9. The van der Waals surface area contributed by atoms with Crippen molar-refractivity contribution in [3.05, 3.63) is 24.3 Å². The van der Waals surface area contributed by atoms with Crippen LogP contribution in [0.5, 0.6) is 5.75 Å². The third kappa shape index (κ3) is 4.58. The number of amides is 4. The van der Waals surface area contributed by atoms with Crippen molar-refractivity contribution in [2.45, 2.75) is 0 Å². The van der Waals surface area contributed by atoms with E-state index in [0.29, 0.717) is 26.2 Å². The van der Waals surface area contributed by atoms with Gasteiger partial charge in [0.2, 0.25) is 0 Å². The van der Waals surface area contributed by atoms with Crippen LogP contribution >= 0.6 is 0 Å². The number of carbonyl (C=O) groups excluding carboxylic acids is 4. The number of nitrogens with zero attached hydrogens (tertiary/aromatic N) is 4. The summed E-state index contributed by atoms with van der Waals surface area (Å²) in [5.74, 6) is -0.789. The maximum absolute atomic E-state index is 12.3. The highest BCUT2D eigenvalue weighted by atomic mass is 16.5. The largest absolute Gasteiger partial charge is 0.495 e. The van der Waals surface area contributed by atoms with Gasteiger partial charge in [-0.2, -0.15) is 0 Å². The molecule has 2 aliphatic rings. The highest BCUT2D eigenvalue weighted by Gasteiger charge is 2.35. The van der Waals surface area contributed by atoms with Gasteiger partial charge in [-0.3, -0.25) is 19.3 Å². The van der Waals surface area contributed by atoms with Crippen molar-refractivity contribution >= 4 is 29.5 Å². The molecule has 29 heavy (non-hydrogen) atoms. The summed E-state index contributed by atoms with van der Waals surface area (Å²) < 4.78 is 10.3. The van der Waals surface area contributed by atoms with E-state index in [0.717, 1.165) is 16.3 Å². The average molecular weight is 404 g/mol. The van der Waals surface area contributed by atoms with E-state index in [9.17, 15) is 19.2 Å². The predicted molar refractivity (Wildman–Crippen MR) is 102 cm³/mol. The van der Waals surface area contributed by atoms with E-state index in [-0.39, 0.29) is 12.5 Å². The van der Waals surface area contributed by atoms with Crippen molar-refractivity contribution in [1.82, 2.24) is 14.7 Å². The molecule has 1 aromatic rings. The number of hydrogen-bond donors (Lipinski definition) is 0. The summed E-state index contributed by atoms with van der Waals surface area (Å²) in [4.78, 5) is 53.5. The molecule has 0 saturated carbocycles. The highest BCUT2D eigenvalue weighted by molar-refractivity contribution is 6.04. The second kappa shape index (κ2) is 8.80. The Kier molecular flexibility index (Phi) is 6.20. The van der Waals surface area contributed by atoms with Gasteiger partial charge in [0.25, 0.3) is 11.8 Å². The molecule has 0 N–H and O–H groups in total. The lowest BCUT2D eigenvalue weighted by molar-refractivity contribution is -0.153. The number of ether oxygens (including phenoxy) is 2. The molecule has 2 aliphatic heterocycles. The van der Waals surface area contributed by atoms with Gasteiger partial charge >= 0.3 is 12.0 Å². The summed E-state index contributed by atoms with van der Waals surface area (Å²) in [6.45, 7) is 1.26. The lowest BCUT2D eigenvalue weighted by Crippen LogP contribution is -2.50. The second-order valence-electron chi connectivity index (χ2n) is 6.82. The molecule has 2 heterocycles. The number of benzene rings is 1. The Labute approximate surface area is 168 Å². The lowest BCUT2D eigenvalue weighted by atomic mass is 10.2. The summed E-state index contributed by atoms with van der Waals surface area (Å²) in [6, 6.07) is 7.14. The molecule has 0 spiro atoms. The summed E-state index contributed by atoms with van der Waals surface area (Å²) in [7, 11) is 3.09. The van der Waals surface area contributed by atoms with E-state index < -0.39 is 31.1 Å². The molecule has 10 heteroatoms. The zero-order valence-corrected chi connectivity index (χ0v) is 16.5. The van der Waals surface area contributed by atoms with Crippen LogP contribution in [0.1, 0.15) is 0 Å². The third-order valence-corrected chi connectivity index (χ3v) is 4.93. The molecule has 4 amide bonds. The number of para-hydroxylation sites is 2. The van der Waals surface area contributed by atoms with Crippen molar-refractivity contribution < 1.29 is 28.7 Å². The topological polar surface area (TPSA) is 99.7 Å². The van der Waals surface area contributed by atoms with Crippen molar-refractivity contribution in [3.8, 4) is 5.75 Å². The van der Waals surface area contributed by atoms with Crippen molar-refractivity contribution in [2.24, 2.45) is 0 Å². The van der Waals surface area contributed by atoms with Gasteiger partial charge in [-0.15, -0.1) is 0 Å². The molecule has 3 rings (SSSR count). The minimum Gasteiger partial charge on any atom is -0.495 e. The predicted octanol–water partition coefficient (Wildman–Crippen LogP) is -0.219. The monoisotopic (exact) mass is 404 g/mol. The normalized spacial score (nSPS) is 17.0. The van der Waals surface area contributed by atoms with Gasteiger partial charge in [-0.1, -0.05) is 12.1 Å². The molecule has 10 nitrogen and oxygen atoms in total. The van der Waals surface area contributed by atoms with Crippen LogP contribution in [0.15, 0.2) is 24.3 Å². The average Bonchev–Trinajstić information content (AvgIpc) is 2.98. The molecule has 156 valence electrons. The van der Waals surface area contributed by atoms with Crippen LogP contribution in [0.25, 0.3) is 0 Å². The van der Waals surface area contributed by atoms with E-state index in [2.05, 4.69) is 4.90 Å². The molecule has 0 atom stereocenters. The number of hydrogen-bond acceptors (Lipinski definition) is 7. The molecule has 2 fully saturated rings. The molecule has 1 aromatic carbocycles. The first-order valence-corrected chi connectivity index (χ1v) is 9.27. The van der Waals surface area contributed by atoms with Crippen molar-refractivity contribution in [3.63, 3.8) is 0 Å². The zero-order chi connectivity index (χ0) is 21.0. The van der Waals surface area contributed by atoms with Gasteiger partial charge in [0.05, 0.1) is 12.8 Å². The summed E-state index contributed by atoms with van der Waals surface area (Å²) in [6.07, 6.45) is 0. The Balaban J connectivity index is 1.45. The van der Waals surface area contributed by atoms with E-state index in [1.165, 1.54) is 11.9 Å². The van der Waals surface area contributed by atoms with Crippen molar-refractivity contribution in [2.75, 3.05) is 64.9 Å². The first kappa shape index (κ1) is 20.4. The van der Waals surface area contributed by atoms with Crippen LogP contribution in [0.2, 0.25) is 0 Å². The Bertz CT molecular complexity index is 806. The van der Waals surface area contributed by atoms with Gasteiger partial charge in [0.15, 0.2) is 6.61 Å². The molecule has 0 aliphatic carbocycles. The number of piperazine rings is 1. The van der Waals surface area contributed by atoms with E-state index in [4.69, 9.17) is 9.47 Å². The van der Waals surface area contributed by atoms with Crippen molar-refractivity contribution in [1.29, 1.82) is 0 Å². The van der Waals surface area contributed by atoms with Gasteiger partial charge < -0.3 is 24.2 Å². The molecule has 0 bridgehead atoms. The Morgan fingerprint density at radius 3 is 2.38 bits per heavy atom. The number of esters is 1.